The highest BCUT2D eigenvalue weighted by atomic mass is 32.2. The van der Waals surface area contributed by atoms with Crippen LogP contribution in [0.5, 0.6) is 5.75 Å². The molecule has 1 aromatic carbocycles. The van der Waals surface area contributed by atoms with Gasteiger partial charge in [0.15, 0.2) is 0 Å². The minimum Gasteiger partial charge on any atom is -0.494 e. The monoisotopic (exact) mass is 430 g/mol. The highest BCUT2D eigenvalue weighted by Crippen LogP contribution is 2.40. The zero-order valence-corrected chi connectivity index (χ0v) is 18.9. The van der Waals surface area contributed by atoms with Crippen LogP contribution in [0.2, 0.25) is 0 Å². The quantitative estimate of drug-likeness (QED) is 0.329. The van der Waals surface area contributed by atoms with E-state index in [1.807, 2.05) is 38.1 Å². The molecular weight excluding hydrogens is 400 g/mol. The molecule has 0 radical (unpaired) electrons. The molecule has 1 aromatic heterocycles. The summed E-state index contributed by atoms with van der Waals surface area (Å²) in [7, 11) is 0. The number of esters is 1. The van der Waals surface area contributed by atoms with Gasteiger partial charge in [-0.1, -0.05) is 49.7 Å². The van der Waals surface area contributed by atoms with E-state index in [-0.39, 0.29) is 5.97 Å². The molecule has 1 aliphatic rings. The molecule has 8 heteroatoms. The second kappa shape index (κ2) is 10.5. The third-order valence-electron chi connectivity index (χ3n) is 4.82. The van der Waals surface area contributed by atoms with E-state index < -0.39 is 6.04 Å². The SMILES string of the molecule is CCCCCSc1nc2n(n1)C(c1ccccc1OCC)C(C(=O)OCC)=C(C)N2. The van der Waals surface area contributed by atoms with Gasteiger partial charge in [-0.25, -0.2) is 9.48 Å². The fraction of sp³-hybridized carbons (Fsp3) is 0.500. The lowest BCUT2D eigenvalue weighted by atomic mass is 9.95. The number of carbonyl (C=O) groups excluding carboxylic acids is 1. The smallest absolute Gasteiger partial charge is 0.338 e. The van der Waals surface area contributed by atoms with Crippen LogP contribution in [0.3, 0.4) is 0 Å². The summed E-state index contributed by atoms with van der Waals surface area (Å²) in [6, 6.07) is 7.27. The molecule has 0 bridgehead atoms. The van der Waals surface area contributed by atoms with Crippen LogP contribution in [0.4, 0.5) is 5.95 Å². The Balaban J connectivity index is 2.03. The number of allylic oxidation sites excluding steroid dienone is 1. The summed E-state index contributed by atoms with van der Waals surface area (Å²) in [5.74, 6) is 1.95. The minimum atomic E-state index is -0.472. The number of nitrogens with one attached hydrogen (secondary N) is 1. The molecule has 30 heavy (non-hydrogen) atoms. The molecule has 1 N–H and O–H groups in total. The van der Waals surface area contributed by atoms with Gasteiger partial charge in [0, 0.05) is 17.0 Å². The Hall–Kier alpha value is -2.48. The molecule has 1 unspecified atom stereocenters. The summed E-state index contributed by atoms with van der Waals surface area (Å²) >= 11 is 1.64. The van der Waals surface area contributed by atoms with Gasteiger partial charge in [0.25, 0.3) is 0 Å². The maximum atomic E-state index is 12.9. The topological polar surface area (TPSA) is 78.3 Å². The van der Waals surface area contributed by atoms with Crippen LogP contribution in [-0.4, -0.2) is 39.7 Å². The number of benzene rings is 1. The van der Waals surface area contributed by atoms with Crippen LogP contribution in [0, 0.1) is 0 Å². The number of unbranched alkanes of at least 4 members (excludes halogenated alkanes) is 2. The predicted molar refractivity (Wildman–Crippen MR) is 119 cm³/mol. The molecule has 0 spiro atoms. The van der Waals surface area contributed by atoms with Crippen LogP contribution in [0.1, 0.15) is 58.6 Å². The summed E-state index contributed by atoms with van der Waals surface area (Å²) in [4.78, 5) is 17.6. The molecule has 162 valence electrons. The fourth-order valence-electron chi connectivity index (χ4n) is 3.46. The summed E-state index contributed by atoms with van der Waals surface area (Å²) in [5, 5.41) is 8.68. The standard InChI is InChI=1S/C22H30N4O3S/c1-5-8-11-14-30-22-24-21-23-15(4)18(20(27)29-7-3)19(26(21)25-22)16-12-9-10-13-17(16)28-6-2/h9-10,12-13,19H,5-8,11,14H2,1-4H3,(H,23,24,25). The number of anilines is 1. The fourth-order valence-corrected chi connectivity index (χ4v) is 4.29. The first-order chi connectivity index (χ1) is 14.6. The molecule has 3 rings (SSSR count). The van der Waals surface area contributed by atoms with Crippen LogP contribution < -0.4 is 10.1 Å². The van der Waals surface area contributed by atoms with Gasteiger partial charge >= 0.3 is 5.97 Å². The Kier molecular flexibility index (Phi) is 7.79. The van der Waals surface area contributed by atoms with E-state index in [9.17, 15) is 4.79 Å². The molecule has 0 amide bonds. The Morgan fingerprint density at radius 1 is 1.20 bits per heavy atom. The van der Waals surface area contributed by atoms with E-state index in [0.717, 1.165) is 23.5 Å². The van der Waals surface area contributed by atoms with E-state index in [1.165, 1.54) is 12.8 Å². The summed E-state index contributed by atoms with van der Waals surface area (Å²) < 4.78 is 13.0. The first-order valence-electron chi connectivity index (χ1n) is 10.6. The second-order valence-corrected chi connectivity index (χ2v) is 8.04. The van der Waals surface area contributed by atoms with Gasteiger partial charge in [-0.3, -0.25) is 0 Å². The van der Waals surface area contributed by atoms with E-state index in [1.54, 1.807) is 23.4 Å². The van der Waals surface area contributed by atoms with Crippen molar-refractivity contribution in [2.24, 2.45) is 0 Å². The molecule has 0 aliphatic carbocycles. The molecule has 2 heterocycles. The number of ether oxygens (including phenoxy) is 2. The zero-order valence-electron chi connectivity index (χ0n) is 18.1. The van der Waals surface area contributed by atoms with Crippen LogP contribution in [0.25, 0.3) is 0 Å². The average Bonchev–Trinajstić information content (AvgIpc) is 3.13. The number of para-hydroxylation sites is 1. The Morgan fingerprint density at radius 2 is 2.00 bits per heavy atom. The van der Waals surface area contributed by atoms with E-state index >= 15 is 0 Å². The third kappa shape index (κ3) is 4.80. The van der Waals surface area contributed by atoms with Crippen molar-refractivity contribution in [1.29, 1.82) is 0 Å². The zero-order chi connectivity index (χ0) is 21.5. The number of hydrogen-bond acceptors (Lipinski definition) is 7. The van der Waals surface area contributed by atoms with Gasteiger partial charge in [-0.2, -0.15) is 4.98 Å². The second-order valence-electron chi connectivity index (χ2n) is 6.98. The Morgan fingerprint density at radius 3 is 2.73 bits per heavy atom. The van der Waals surface area contributed by atoms with Crippen molar-refractivity contribution in [1.82, 2.24) is 14.8 Å². The number of nitrogens with zero attached hydrogens (tertiary/aromatic N) is 3. The normalized spacial score (nSPS) is 15.5. The van der Waals surface area contributed by atoms with Gasteiger partial charge < -0.3 is 14.8 Å². The number of thioether (sulfide) groups is 1. The van der Waals surface area contributed by atoms with Crippen molar-refractivity contribution in [3.63, 3.8) is 0 Å². The van der Waals surface area contributed by atoms with Crippen molar-refractivity contribution in [2.45, 2.75) is 58.2 Å². The number of aromatic nitrogens is 3. The molecule has 1 aliphatic heterocycles. The lowest BCUT2D eigenvalue weighted by Crippen LogP contribution is -2.30. The first kappa shape index (κ1) is 22.2. The van der Waals surface area contributed by atoms with E-state index in [2.05, 4.69) is 17.2 Å². The maximum absolute atomic E-state index is 12.9. The van der Waals surface area contributed by atoms with Crippen molar-refractivity contribution >= 4 is 23.7 Å². The van der Waals surface area contributed by atoms with Crippen molar-refractivity contribution in [2.75, 3.05) is 24.3 Å². The van der Waals surface area contributed by atoms with Gasteiger partial charge in [0.1, 0.15) is 11.8 Å². The van der Waals surface area contributed by atoms with Crippen LogP contribution in [-0.2, 0) is 9.53 Å². The summed E-state index contributed by atoms with van der Waals surface area (Å²) in [5.41, 5.74) is 2.09. The molecule has 0 fully saturated rings. The highest BCUT2D eigenvalue weighted by Gasteiger charge is 2.36. The van der Waals surface area contributed by atoms with Crippen molar-refractivity contribution < 1.29 is 14.3 Å². The molecule has 7 nitrogen and oxygen atoms in total. The molecule has 1 atom stereocenters. The lowest BCUT2D eigenvalue weighted by molar-refractivity contribution is -0.139. The summed E-state index contributed by atoms with van der Waals surface area (Å²) in [6.45, 7) is 8.64. The molecule has 2 aromatic rings. The van der Waals surface area contributed by atoms with Gasteiger partial charge in [0.2, 0.25) is 11.1 Å². The predicted octanol–water partition coefficient (Wildman–Crippen LogP) is 4.81. The molecular formula is C22H30N4O3S. The van der Waals surface area contributed by atoms with Crippen LogP contribution >= 0.6 is 11.8 Å². The number of hydrogen-bond donors (Lipinski definition) is 1. The average molecular weight is 431 g/mol. The number of carbonyl (C=O) groups is 1. The Bertz CT molecular complexity index is 910. The maximum Gasteiger partial charge on any atom is 0.338 e. The number of rotatable bonds is 10. The third-order valence-corrected chi connectivity index (χ3v) is 5.74. The van der Waals surface area contributed by atoms with Gasteiger partial charge in [-0.15, -0.1) is 5.10 Å². The molecule has 0 saturated carbocycles. The summed E-state index contributed by atoms with van der Waals surface area (Å²) in [6.07, 6.45) is 3.49. The highest BCUT2D eigenvalue weighted by molar-refractivity contribution is 7.99. The van der Waals surface area contributed by atoms with Crippen LogP contribution in [0.15, 0.2) is 40.7 Å². The minimum absolute atomic E-state index is 0.304. The lowest BCUT2D eigenvalue weighted by Gasteiger charge is -2.29. The largest absolute Gasteiger partial charge is 0.494 e. The van der Waals surface area contributed by atoms with Crippen molar-refractivity contribution in [3.05, 3.63) is 41.1 Å². The van der Waals surface area contributed by atoms with E-state index in [4.69, 9.17) is 14.6 Å². The van der Waals surface area contributed by atoms with Crippen molar-refractivity contribution in [3.8, 4) is 5.75 Å². The van der Waals surface area contributed by atoms with E-state index in [0.29, 0.717) is 35.6 Å². The number of fused-ring (bicyclic) bond motifs is 1. The Labute approximate surface area is 182 Å². The molecule has 0 saturated heterocycles. The first-order valence-corrected chi connectivity index (χ1v) is 11.5. The van der Waals surface area contributed by atoms with Gasteiger partial charge in [-0.05, 0) is 33.3 Å². The van der Waals surface area contributed by atoms with Gasteiger partial charge in [0.05, 0.1) is 18.8 Å².